The molecule has 1 aromatic carbocycles. The van der Waals surface area contributed by atoms with Crippen LogP contribution in [-0.2, 0) is 6.18 Å². The van der Waals surface area contributed by atoms with Crippen molar-refractivity contribution in [2.24, 2.45) is 0 Å². The van der Waals surface area contributed by atoms with Gasteiger partial charge in [0.15, 0.2) is 0 Å². The standard InChI is InChI=1S/C7HBrCl3F3/c8-4-3(9)1-2(7(12,13)14)5(10)6(4)11/h1H. The molecule has 0 spiro atoms. The van der Waals surface area contributed by atoms with Gasteiger partial charge in [-0.15, -0.1) is 0 Å². The third kappa shape index (κ3) is 2.30. The first kappa shape index (κ1) is 12.4. The van der Waals surface area contributed by atoms with E-state index in [-0.39, 0.29) is 14.5 Å². The third-order valence-corrected chi connectivity index (χ3v) is 3.85. The van der Waals surface area contributed by atoms with Crippen molar-refractivity contribution < 1.29 is 13.2 Å². The summed E-state index contributed by atoms with van der Waals surface area (Å²) in [5, 5.41) is -0.936. The summed E-state index contributed by atoms with van der Waals surface area (Å²) in [7, 11) is 0. The highest BCUT2D eigenvalue weighted by Crippen LogP contribution is 2.44. The summed E-state index contributed by atoms with van der Waals surface area (Å²) in [6, 6.07) is 0.722. The first-order chi connectivity index (χ1) is 6.25. The molecular formula is C7HBrCl3F3. The summed E-state index contributed by atoms with van der Waals surface area (Å²) in [5.41, 5.74) is -1.04. The maximum atomic E-state index is 12.3. The van der Waals surface area contributed by atoms with Crippen molar-refractivity contribution in [3.63, 3.8) is 0 Å². The van der Waals surface area contributed by atoms with Crippen molar-refractivity contribution in [1.29, 1.82) is 0 Å². The Morgan fingerprint density at radius 1 is 1.07 bits per heavy atom. The molecule has 0 fully saturated rings. The molecule has 0 aliphatic carbocycles. The van der Waals surface area contributed by atoms with E-state index in [4.69, 9.17) is 34.8 Å². The lowest BCUT2D eigenvalue weighted by molar-refractivity contribution is -0.137. The topological polar surface area (TPSA) is 0 Å². The van der Waals surface area contributed by atoms with Crippen molar-refractivity contribution >= 4 is 50.7 Å². The molecule has 0 saturated heterocycles. The Kier molecular flexibility index (Phi) is 3.62. The highest BCUT2D eigenvalue weighted by molar-refractivity contribution is 9.10. The zero-order valence-corrected chi connectivity index (χ0v) is 10.1. The van der Waals surface area contributed by atoms with Gasteiger partial charge in [-0.1, -0.05) is 34.8 Å². The van der Waals surface area contributed by atoms with Gasteiger partial charge in [-0.25, -0.2) is 0 Å². The minimum atomic E-state index is -4.56. The first-order valence-corrected chi connectivity index (χ1v) is 5.08. The fourth-order valence-electron chi connectivity index (χ4n) is 0.779. The maximum absolute atomic E-state index is 12.3. The molecule has 0 radical (unpaired) electrons. The van der Waals surface area contributed by atoms with Gasteiger partial charge >= 0.3 is 6.18 Å². The second-order valence-electron chi connectivity index (χ2n) is 2.35. The zero-order valence-electron chi connectivity index (χ0n) is 6.22. The lowest BCUT2D eigenvalue weighted by atomic mass is 10.2. The van der Waals surface area contributed by atoms with Crippen LogP contribution in [0, 0.1) is 0 Å². The fraction of sp³-hybridized carbons (Fsp3) is 0.143. The van der Waals surface area contributed by atoms with Gasteiger partial charge < -0.3 is 0 Å². The Morgan fingerprint density at radius 2 is 1.57 bits per heavy atom. The Morgan fingerprint density at radius 3 is 2.00 bits per heavy atom. The van der Waals surface area contributed by atoms with Gasteiger partial charge in [-0.2, -0.15) is 13.2 Å². The number of alkyl halides is 3. The van der Waals surface area contributed by atoms with Crippen LogP contribution in [0.1, 0.15) is 5.56 Å². The number of benzene rings is 1. The fourth-order valence-corrected chi connectivity index (χ4v) is 1.92. The van der Waals surface area contributed by atoms with Crippen LogP contribution in [0.2, 0.25) is 15.1 Å². The molecule has 1 rings (SSSR count). The number of hydrogen-bond donors (Lipinski definition) is 0. The summed E-state index contributed by atoms with van der Waals surface area (Å²) in [6.07, 6.45) is -4.56. The monoisotopic (exact) mass is 326 g/mol. The van der Waals surface area contributed by atoms with Crippen LogP contribution in [0.15, 0.2) is 10.5 Å². The van der Waals surface area contributed by atoms with E-state index in [0.717, 1.165) is 6.07 Å². The molecule has 0 N–H and O–H groups in total. The molecule has 0 aliphatic rings. The largest absolute Gasteiger partial charge is 0.417 e. The molecule has 0 nitrogen and oxygen atoms in total. The van der Waals surface area contributed by atoms with Gasteiger partial charge in [0.1, 0.15) is 0 Å². The molecule has 0 unspecified atom stereocenters. The first-order valence-electron chi connectivity index (χ1n) is 3.15. The van der Waals surface area contributed by atoms with Gasteiger partial charge in [-0.05, 0) is 22.0 Å². The van der Waals surface area contributed by atoms with Crippen LogP contribution >= 0.6 is 50.7 Å². The minimum Gasteiger partial charge on any atom is -0.166 e. The second kappa shape index (κ2) is 4.08. The number of rotatable bonds is 0. The Hall–Kier alpha value is 0.360. The molecule has 0 bridgehead atoms. The van der Waals surface area contributed by atoms with Crippen LogP contribution in [0.4, 0.5) is 13.2 Å². The normalized spacial score (nSPS) is 11.9. The van der Waals surface area contributed by atoms with Crippen molar-refractivity contribution in [2.75, 3.05) is 0 Å². The maximum Gasteiger partial charge on any atom is 0.417 e. The molecule has 0 saturated carbocycles. The van der Waals surface area contributed by atoms with Gasteiger partial charge in [0.05, 0.1) is 25.1 Å². The van der Waals surface area contributed by atoms with E-state index in [2.05, 4.69) is 15.9 Å². The smallest absolute Gasteiger partial charge is 0.166 e. The highest BCUT2D eigenvalue weighted by atomic mass is 79.9. The number of halogens is 7. The lowest BCUT2D eigenvalue weighted by Gasteiger charge is -2.11. The van der Waals surface area contributed by atoms with E-state index >= 15 is 0 Å². The molecular weight excluding hydrogens is 327 g/mol. The van der Waals surface area contributed by atoms with E-state index < -0.39 is 16.8 Å². The van der Waals surface area contributed by atoms with E-state index in [9.17, 15) is 13.2 Å². The lowest BCUT2D eigenvalue weighted by Crippen LogP contribution is -2.06. The Bertz CT molecular complexity index is 375. The molecule has 1 aromatic rings. The van der Waals surface area contributed by atoms with Crippen LogP contribution in [-0.4, -0.2) is 0 Å². The average Bonchev–Trinajstić information content (AvgIpc) is 2.06. The Labute approximate surface area is 101 Å². The van der Waals surface area contributed by atoms with E-state index in [1.165, 1.54) is 0 Å². The molecule has 0 amide bonds. The van der Waals surface area contributed by atoms with Crippen molar-refractivity contribution in [3.05, 3.63) is 31.2 Å². The van der Waals surface area contributed by atoms with Gasteiger partial charge in [-0.3, -0.25) is 0 Å². The zero-order chi connectivity index (χ0) is 11.1. The molecule has 7 heteroatoms. The summed E-state index contributed by atoms with van der Waals surface area (Å²) >= 11 is 19.4. The molecule has 14 heavy (non-hydrogen) atoms. The van der Waals surface area contributed by atoms with Crippen LogP contribution < -0.4 is 0 Å². The van der Waals surface area contributed by atoms with Gasteiger partial charge in [0.25, 0.3) is 0 Å². The van der Waals surface area contributed by atoms with Crippen molar-refractivity contribution in [2.45, 2.75) is 6.18 Å². The SMILES string of the molecule is FC(F)(F)c1cc(Cl)c(Br)c(Cl)c1Cl. The summed E-state index contributed by atoms with van der Waals surface area (Å²) in [6.45, 7) is 0. The van der Waals surface area contributed by atoms with Gasteiger partial charge in [0, 0.05) is 0 Å². The molecule has 0 aliphatic heterocycles. The Balaban J connectivity index is 3.49. The van der Waals surface area contributed by atoms with Crippen LogP contribution in [0.5, 0.6) is 0 Å². The average molecular weight is 328 g/mol. The van der Waals surface area contributed by atoms with E-state index in [0.29, 0.717) is 0 Å². The summed E-state index contributed by atoms with van der Waals surface area (Å²) in [5.74, 6) is 0. The summed E-state index contributed by atoms with van der Waals surface area (Å²) < 4.78 is 37.1. The second-order valence-corrected chi connectivity index (χ2v) is 4.30. The quantitative estimate of drug-likeness (QED) is 0.440. The van der Waals surface area contributed by atoms with Crippen molar-refractivity contribution in [3.8, 4) is 0 Å². The van der Waals surface area contributed by atoms with Gasteiger partial charge in [0.2, 0.25) is 0 Å². The molecule has 0 atom stereocenters. The van der Waals surface area contributed by atoms with Crippen LogP contribution in [0.3, 0.4) is 0 Å². The number of hydrogen-bond acceptors (Lipinski definition) is 0. The minimum absolute atomic E-state index is 0.133. The van der Waals surface area contributed by atoms with E-state index in [1.807, 2.05) is 0 Å². The van der Waals surface area contributed by atoms with Crippen molar-refractivity contribution in [1.82, 2.24) is 0 Å². The van der Waals surface area contributed by atoms with Crippen LogP contribution in [0.25, 0.3) is 0 Å². The molecule has 78 valence electrons. The summed E-state index contributed by atoms with van der Waals surface area (Å²) in [4.78, 5) is 0. The predicted molar refractivity (Wildman–Crippen MR) is 54.2 cm³/mol. The predicted octanol–water partition coefficient (Wildman–Crippen LogP) is 5.43. The highest BCUT2D eigenvalue weighted by Gasteiger charge is 2.35. The molecule has 0 heterocycles. The molecule has 0 aromatic heterocycles. The third-order valence-electron chi connectivity index (χ3n) is 1.41. The van der Waals surface area contributed by atoms with E-state index in [1.54, 1.807) is 0 Å².